The normalized spacial score (nSPS) is 13.0. The van der Waals surface area contributed by atoms with Crippen molar-refractivity contribution in [1.82, 2.24) is 4.98 Å². The average Bonchev–Trinajstić information content (AvgIpc) is 3.60. The first-order valence-electron chi connectivity index (χ1n) is 10.7. The van der Waals surface area contributed by atoms with E-state index in [4.69, 9.17) is 30.5 Å². The zero-order chi connectivity index (χ0) is 23.2. The molecular formula is C25H24ClNO6. The molecule has 0 unspecified atom stereocenters. The van der Waals surface area contributed by atoms with Crippen molar-refractivity contribution < 1.29 is 28.5 Å². The van der Waals surface area contributed by atoms with E-state index < -0.39 is 0 Å². The Balaban J connectivity index is 1.56. The summed E-state index contributed by atoms with van der Waals surface area (Å²) in [7, 11) is 1.57. The van der Waals surface area contributed by atoms with Gasteiger partial charge in [0.1, 0.15) is 23.9 Å². The van der Waals surface area contributed by atoms with Crippen molar-refractivity contribution in [2.75, 3.05) is 20.3 Å². The van der Waals surface area contributed by atoms with Gasteiger partial charge in [-0.3, -0.25) is 14.6 Å². The van der Waals surface area contributed by atoms with Crippen LogP contribution in [0.15, 0.2) is 42.6 Å². The number of hydrogen-bond donors (Lipinski definition) is 0. The summed E-state index contributed by atoms with van der Waals surface area (Å²) in [6, 6.07) is 10.3. The molecule has 0 aliphatic heterocycles. The topological polar surface area (TPSA) is 83.9 Å². The number of Topliss-reactive ketones (excluding diaryl/α,β-unsaturated/α-hetero) is 1. The molecule has 1 aromatic heterocycles. The van der Waals surface area contributed by atoms with Gasteiger partial charge in [-0.15, -0.1) is 0 Å². The Morgan fingerprint density at radius 3 is 2.70 bits per heavy atom. The van der Waals surface area contributed by atoms with Crippen molar-refractivity contribution >= 4 is 34.8 Å². The molecule has 33 heavy (non-hydrogen) atoms. The van der Waals surface area contributed by atoms with E-state index in [1.807, 2.05) is 6.07 Å². The third-order valence-corrected chi connectivity index (χ3v) is 5.69. The number of ketones is 1. The minimum Gasteiger partial charge on any atom is -0.487 e. The number of aromatic nitrogens is 1. The minimum atomic E-state index is 0.208. The molecule has 0 amide bonds. The first-order chi connectivity index (χ1) is 16.1. The third-order valence-electron chi connectivity index (χ3n) is 5.34. The van der Waals surface area contributed by atoms with E-state index in [1.54, 1.807) is 43.6 Å². The second-order valence-corrected chi connectivity index (χ2v) is 8.31. The highest BCUT2D eigenvalue weighted by molar-refractivity contribution is 6.31. The molecular weight excluding hydrogens is 446 g/mol. The monoisotopic (exact) mass is 469 g/mol. The molecule has 0 bridgehead atoms. The fraction of sp³-hybridized carbons (Fsp3) is 0.320. The highest BCUT2D eigenvalue weighted by Crippen LogP contribution is 2.38. The molecule has 4 rings (SSSR count). The second kappa shape index (κ2) is 10.6. The van der Waals surface area contributed by atoms with E-state index in [2.05, 4.69) is 4.98 Å². The van der Waals surface area contributed by atoms with Gasteiger partial charge in [0.2, 0.25) is 0 Å². The van der Waals surface area contributed by atoms with E-state index >= 15 is 0 Å². The predicted octanol–water partition coefficient (Wildman–Crippen LogP) is 5.15. The lowest BCUT2D eigenvalue weighted by atomic mass is 10.0. The van der Waals surface area contributed by atoms with E-state index in [0.717, 1.165) is 18.4 Å². The maximum Gasteiger partial charge on any atom is 0.298 e. The standard InChI is InChI=1S/C25H24ClNO6/c1-30-8-9-31-25-14-22-20(13-24(25)32-15-28)23(6-7-27-22)33-19-5-4-17(21(26)12-19)11-18(29)10-16-2-3-16/h4-7,12-16H,2-3,8-11H2,1H3. The Labute approximate surface area is 196 Å². The van der Waals surface area contributed by atoms with Gasteiger partial charge in [-0.05, 0) is 48.6 Å². The minimum absolute atomic E-state index is 0.208. The molecule has 172 valence electrons. The molecule has 0 saturated heterocycles. The fourth-order valence-electron chi connectivity index (χ4n) is 3.50. The number of rotatable bonds is 12. The number of methoxy groups -OCH3 is 1. The van der Waals surface area contributed by atoms with Crippen LogP contribution in [0.1, 0.15) is 24.8 Å². The highest BCUT2D eigenvalue weighted by Gasteiger charge is 2.24. The highest BCUT2D eigenvalue weighted by atomic mass is 35.5. The predicted molar refractivity (Wildman–Crippen MR) is 123 cm³/mol. The lowest BCUT2D eigenvalue weighted by Gasteiger charge is -2.14. The van der Waals surface area contributed by atoms with Crippen LogP contribution >= 0.6 is 11.6 Å². The van der Waals surface area contributed by atoms with Gasteiger partial charge in [-0.1, -0.05) is 17.7 Å². The zero-order valence-corrected chi connectivity index (χ0v) is 19.0. The summed E-state index contributed by atoms with van der Waals surface area (Å²) in [5, 5.41) is 1.11. The maximum absolute atomic E-state index is 12.2. The van der Waals surface area contributed by atoms with Crippen molar-refractivity contribution in [3.05, 3.63) is 53.2 Å². The SMILES string of the molecule is COCCOc1cc2nccc(Oc3ccc(CC(=O)CC4CC4)c(Cl)c3)c2cc1OC=O. The van der Waals surface area contributed by atoms with Crippen LogP contribution < -0.4 is 14.2 Å². The summed E-state index contributed by atoms with van der Waals surface area (Å²) >= 11 is 6.43. The van der Waals surface area contributed by atoms with Gasteiger partial charge >= 0.3 is 0 Å². The summed E-state index contributed by atoms with van der Waals surface area (Å²) in [4.78, 5) is 27.5. The van der Waals surface area contributed by atoms with Gasteiger partial charge < -0.3 is 18.9 Å². The molecule has 0 spiro atoms. The molecule has 1 saturated carbocycles. The Hall–Kier alpha value is -3.16. The first kappa shape index (κ1) is 23.0. The van der Waals surface area contributed by atoms with Gasteiger partial charge in [-0.2, -0.15) is 0 Å². The van der Waals surface area contributed by atoms with Crippen LogP contribution in [0, 0.1) is 5.92 Å². The first-order valence-corrected chi connectivity index (χ1v) is 11.1. The summed E-state index contributed by atoms with van der Waals surface area (Å²) in [6.07, 6.45) is 4.86. The number of hydrogen-bond acceptors (Lipinski definition) is 7. The summed E-state index contributed by atoms with van der Waals surface area (Å²) in [5.41, 5.74) is 1.39. The maximum atomic E-state index is 12.2. The van der Waals surface area contributed by atoms with Gasteiger partial charge in [0.05, 0.1) is 12.1 Å². The van der Waals surface area contributed by atoms with E-state index in [0.29, 0.717) is 71.6 Å². The summed E-state index contributed by atoms with van der Waals surface area (Å²) in [5.74, 6) is 2.41. The number of pyridine rings is 1. The number of ether oxygens (including phenoxy) is 4. The smallest absolute Gasteiger partial charge is 0.298 e. The van der Waals surface area contributed by atoms with Crippen LogP contribution in [0.5, 0.6) is 23.0 Å². The number of halogens is 1. The van der Waals surface area contributed by atoms with Gasteiger partial charge in [0.25, 0.3) is 6.47 Å². The Bertz CT molecular complexity index is 1160. The van der Waals surface area contributed by atoms with E-state index in [9.17, 15) is 9.59 Å². The number of nitrogens with zero attached hydrogens (tertiary/aromatic N) is 1. The van der Waals surface area contributed by atoms with Crippen molar-refractivity contribution in [2.45, 2.75) is 25.7 Å². The zero-order valence-electron chi connectivity index (χ0n) is 18.2. The Morgan fingerprint density at radius 2 is 1.97 bits per heavy atom. The summed E-state index contributed by atoms with van der Waals surface area (Å²) in [6.45, 7) is 1.02. The molecule has 0 radical (unpaired) electrons. The van der Waals surface area contributed by atoms with Gasteiger partial charge in [0, 0.05) is 42.6 Å². The number of carbonyl (C=O) groups excluding carboxylic acids is 2. The largest absolute Gasteiger partial charge is 0.487 e. The summed E-state index contributed by atoms with van der Waals surface area (Å²) < 4.78 is 21.8. The van der Waals surface area contributed by atoms with Crippen molar-refractivity contribution in [1.29, 1.82) is 0 Å². The molecule has 2 aromatic carbocycles. The van der Waals surface area contributed by atoms with E-state index in [1.165, 1.54) is 0 Å². The van der Waals surface area contributed by atoms with Gasteiger partial charge in [0.15, 0.2) is 11.5 Å². The van der Waals surface area contributed by atoms with Crippen LogP contribution in [-0.4, -0.2) is 37.6 Å². The quantitative estimate of drug-likeness (QED) is 0.268. The van der Waals surface area contributed by atoms with Crippen LogP contribution in [0.25, 0.3) is 10.9 Å². The molecule has 7 nitrogen and oxygen atoms in total. The Kier molecular flexibility index (Phi) is 7.42. The van der Waals surface area contributed by atoms with Crippen molar-refractivity contribution in [3.8, 4) is 23.0 Å². The van der Waals surface area contributed by atoms with Crippen LogP contribution in [0.3, 0.4) is 0 Å². The Morgan fingerprint density at radius 1 is 1.12 bits per heavy atom. The van der Waals surface area contributed by atoms with Crippen LogP contribution in [-0.2, 0) is 20.7 Å². The molecule has 1 aliphatic carbocycles. The van der Waals surface area contributed by atoms with Gasteiger partial charge in [-0.25, -0.2) is 0 Å². The third kappa shape index (κ3) is 6.00. The van der Waals surface area contributed by atoms with Crippen molar-refractivity contribution in [2.24, 2.45) is 5.92 Å². The lowest BCUT2D eigenvalue weighted by Crippen LogP contribution is -2.06. The molecule has 3 aromatic rings. The fourth-order valence-corrected chi connectivity index (χ4v) is 3.74. The number of fused-ring (bicyclic) bond motifs is 1. The molecule has 0 atom stereocenters. The van der Waals surface area contributed by atoms with E-state index in [-0.39, 0.29) is 11.5 Å². The lowest BCUT2D eigenvalue weighted by molar-refractivity contribution is -0.121. The average molecular weight is 470 g/mol. The number of carbonyl (C=O) groups is 2. The van der Waals surface area contributed by atoms with Crippen molar-refractivity contribution in [3.63, 3.8) is 0 Å². The second-order valence-electron chi connectivity index (χ2n) is 7.90. The molecule has 8 heteroatoms. The molecule has 1 heterocycles. The number of benzene rings is 2. The van der Waals surface area contributed by atoms with Crippen LogP contribution in [0.2, 0.25) is 5.02 Å². The molecule has 1 aliphatic rings. The molecule has 1 fully saturated rings. The van der Waals surface area contributed by atoms with Crippen LogP contribution in [0.4, 0.5) is 0 Å². The molecule has 0 N–H and O–H groups in total.